The maximum Gasteiger partial charge on any atom is 0.250 e. The lowest BCUT2D eigenvalue weighted by atomic mass is 9.80. The molecule has 1 saturated heterocycles. The van der Waals surface area contributed by atoms with Gasteiger partial charge < -0.3 is 10.6 Å². The second kappa shape index (κ2) is 9.27. The van der Waals surface area contributed by atoms with Gasteiger partial charge in [-0.05, 0) is 40.9 Å². The average molecular weight is 509 g/mol. The van der Waals surface area contributed by atoms with Crippen molar-refractivity contribution < 1.29 is 18.6 Å². The third kappa shape index (κ3) is 4.28. The summed E-state index contributed by atoms with van der Waals surface area (Å²) in [5.41, 5.74) is 1.31. The summed E-state index contributed by atoms with van der Waals surface area (Å²) in [6.07, 6.45) is 1.32. The summed E-state index contributed by atoms with van der Waals surface area (Å²) in [5.74, 6) is -0.742. The number of amides is 2. The molecule has 2 amide bonds. The van der Waals surface area contributed by atoms with Crippen molar-refractivity contribution in [3.05, 3.63) is 77.1 Å². The number of anilines is 2. The molecule has 3 atom stereocenters. The standard InChI is InChI=1S/C25H23ClFN7O2/c1-33(2)20-12-25(17-8-3-4-9-18(17)30-22(25)36)13-34(20)21(35)19(11-15-6-5-7-16(27)10-15)31-24-29-14-28-23(26)32-24/h3-10,14,19-20H,1,11-13H2,2H3,(H-,28,29,30,31,32,36)/p+1/t19?,20-,25-/m0/s1. The maximum atomic E-state index is 14.1. The number of halogens is 2. The van der Waals surface area contributed by atoms with Gasteiger partial charge >= 0.3 is 0 Å². The second-order valence-corrected chi connectivity index (χ2v) is 9.44. The predicted octanol–water partition coefficient (Wildman–Crippen LogP) is 2.48. The fourth-order valence-electron chi connectivity index (χ4n) is 5.04. The number of fused-ring (bicyclic) bond motifs is 2. The molecule has 11 heteroatoms. The lowest BCUT2D eigenvalue weighted by Gasteiger charge is -2.27. The normalized spacial score (nSPS) is 21.2. The molecule has 3 heterocycles. The van der Waals surface area contributed by atoms with Gasteiger partial charge in [0, 0.05) is 18.7 Å². The van der Waals surface area contributed by atoms with Crippen molar-refractivity contribution in [3.8, 4) is 0 Å². The Kier molecular flexibility index (Phi) is 6.13. The molecule has 36 heavy (non-hydrogen) atoms. The van der Waals surface area contributed by atoms with Crippen molar-refractivity contribution >= 4 is 41.8 Å². The van der Waals surface area contributed by atoms with Gasteiger partial charge in [0.1, 0.15) is 37.4 Å². The number of aromatic nitrogens is 3. The number of benzene rings is 2. The lowest BCUT2D eigenvalue weighted by Crippen LogP contribution is -2.50. The van der Waals surface area contributed by atoms with Crippen LogP contribution in [0.15, 0.2) is 54.9 Å². The molecule has 0 saturated carbocycles. The number of carbonyl (C=O) groups is 2. The van der Waals surface area contributed by atoms with E-state index in [1.165, 1.54) is 18.5 Å². The van der Waals surface area contributed by atoms with E-state index in [0.717, 1.165) is 11.3 Å². The van der Waals surface area contributed by atoms with Crippen LogP contribution in [0.2, 0.25) is 5.28 Å². The maximum absolute atomic E-state index is 14.1. The number of rotatable bonds is 6. The monoisotopic (exact) mass is 508 g/mol. The van der Waals surface area contributed by atoms with Crippen molar-refractivity contribution in [2.75, 3.05) is 24.2 Å². The van der Waals surface area contributed by atoms with Crippen LogP contribution in [0.25, 0.3) is 0 Å². The molecule has 0 radical (unpaired) electrons. The van der Waals surface area contributed by atoms with Crippen molar-refractivity contribution in [1.82, 2.24) is 19.9 Å². The molecule has 3 aromatic rings. The molecule has 1 fully saturated rings. The molecule has 2 N–H and O–H groups in total. The number of nitrogens with zero attached hydrogens (tertiary/aromatic N) is 5. The third-order valence-electron chi connectivity index (χ3n) is 6.72. The predicted molar refractivity (Wildman–Crippen MR) is 133 cm³/mol. The summed E-state index contributed by atoms with van der Waals surface area (Å²) in [6, 6.07) is 12.7. The Morgan fingerprint density at radius 1 is 1.33 bits per heavy atom. The third-order valence-corrected chi connectivity index (χ3v) is 6.90. The minimum Gasteiger partial charge on any atom is -0.342 e. The molecule has 2 aliphatic heterocycles. The summed E-state index contributed by atoms with van der Waals surface area (Å²) >= 11 is 5.92. The Hall–Kier alpha value is -3.92. The summed E-state index contributed by atoms with van der Waals surface area (Å²) < 4.78 is 15.6. The molecule has 9 nitrogen and oxygen atoms in total. The highest BCUT2D eigenvalue weighted by atomic mass is 35.5. The first kappa shape index (κ1) is 23.8. The van der Waals surface area contributed by atoms with Gasteiger partial charge in [0.2, 0.25) is 23.3 Å². The number of hydrogen-bond acceptors (Lipinski definition) is 6. The lowest BCUT2D eigenvalue weighted by molar-refractivity contribution is -0.549. The first-order valence-corrected chi connectivity index (χ1v) is 11.7. The van der Waals surface area contributed by atoms with Gasteiger partial charge in [0.25, 0.3) is 5.91 Å². The Balaban J connectivity index is 1.50. The van der Waals surface area contributed by atoms with Crippen LogP contribution in [0, 0.1) is 5.82 Å². The molecule has 184 valence electrons. The van der Waals surface area contributed by atoms with Gasteiger partial charge in [0.15, 0.2) is 0 Å². The smallest absolute Gasteiger partial charge is 0.250 e. The van der Waals surface area contributed by atoms with Gasteiger partial charge in [0.05, 0.1) is 6.42 Å². The van der Waals surface area contributed by atoms with E-state index >= 15 is 0 Å². The highest BCUT2D eigenvalue weighted by Gasteiger charge is 2.59. The quantitative estimate of drug-likeness (QED) is 0.392. The Morgan fingerprint density at radius 2 is 2.14 bits per heavy atom. The van der Waals surface area contributed by atoms with Crippen LogP contribution in [0.5, 0.6) is 0 Å². The van der Waals surface area contributed by atoms with Gasteiger partial charge in [-0.15, -0.1) is 0 Å². The van der Waals surface area contributed by atoms with Crippen LogP contribution in [-0.2, 0) is 21.4 Å². The van der Waals surface area contributed by atoms with Gasteiger partial charge in [-0.2, -0.15) is 4.98 Å². The van der Waals surface area contributed by atoms with E-state index in [2.05, 4.69) is 32.3 Å². The van der Waals surface area contributed by atoms with E-state index < -0.39 is 23.4 Å². The van der Waals surface area contributed by atoms with Crippen molar-refractivity contribution in [1.29, 1.82) is 0 Å². The number of likely N-dealkylation sites (tertiary alicyclic amines) is 1. The van der Waals surface area contributed by atoms with Crippen LogP contribution in [0.3, 0.4) is 0 Å². The summed E-state index contributed by atoms with van der Waals surface area (Å²) in [6.45, 7) is 4.19. The van der Waals surface area contributed by atoms with Crippen LogP contribution in [0.4, 0.5) is 16.0 Å². The topological polar surface area (TPSA) is 103 Å². The Bertz CT molecular complexity index is 1320. The number of para-hydroxylation sites is 1. The minimum absolute atomic E-state index is 0.0285. The molecule has 0 bridgehead atoms. The zero-order chi connectivity index (χ0) is 25.4. The van der Waals surface area contributed by atoms with Crippen LogP contribution >= 0.6 is 11.6 Å². The van der Waals surface area contributed by atoms with Crippen LogP contribution < -0.4 is 10.6 Å². The highest BCUT2D eigenvalue weighted by molar-refractivity contribution is 6.28. The summed E-state index contributed by atoms with van der Waals surface area (Å²) in [4.78, 5) is 40.8. The Labute approximate surface area is 212 Å². The molecule has 5 rings (SSSR count). The SMILES string of the molecule is C=[N+](C)[C@@H]1C[C@@]2(CN1C(=O)C(Cc1cccc(F)c1)Nc1ncnc(Cl)n1)C(=O)Nc1ccccc12. The minimum atomic E-state index is -0.900. The molecule has 0 aliphatic carbocycles. The van der Waals surface area contributed by atoms with Crippen molar-refractivity contribution in [2.24, 2.45) is 0 Å². The van der Waals surface area contributed by atoms with Crippen molar-refractivity contribution in [3.63, 3.8) is 0 Å². The Morgan fingerprint density at radius 3 is 2.89 bits per heavy atom. The van der Waals surface area contributed by atoms with E-state index in [-0.39, 0.29) is 36.0 Å². The van der Waals surface area contributed by atoms with E-state index in [9.17, 15) is 14.0 Å². The van der Waals surface area contributed by atoms with E-state index in [1.807, 2.05) is 24.3 Å². The first-order chi connectivity index (χ1) is 17.3. The van der Waals surface area contributed by atoms with Crippen LogP contribution in [-0.4, -0.2) is 68.8 Å². The molecular formula is C25H24ClFN7O2+. The first-order valence-electron chi connectivity index (χ1n) is 11.4. The average Bonchev–Trinajstić information content (AvgIpc) is 3.38. The fraction of sp³-hybridized carbons (Fsp3) is 0.280. The number of nitrogens with one attached hydrogen (secondary N) is 2. The van der Waals surface area contributed by atoms with E-state index in [4.69, 9.17) is 11.6 Å². The second-order valence-electron chi connectivity index (χ2n) is 9.10. The summed E-state index contributed by atoms with van der Waals surface area (Å²) in [7, 11) is 1.77. The number of carbonyl (C=O) groups excluding carboxylic acids is 2. The molecule has 2 aromatic carbocycles. The largest absolute Gasteiger partial charge is 0.342 e. The summed E-state index contributed by atoms with van der Waals surface area (Å²) in [5, 5.41) is 5.96. The molecular weight excluding hydrogens is 485 g/mol. The number of hydrogen-bond donors (Lipinski definition) is 2. The van der Waals surface area contributed by atoms with Gasteiger partial charge in [-0.25, -0.2) is 18.9 Å². The molecule has 1 unspecified atom stereocenters. The zero-order valence-electron chi connectivity index (χ0n) is 19.5. The van der Waals surface area contributed by atoms with Gasteiger partial charge in [-0.1, -0.05) is 30.3 Å². The highest BCUT2D eigenvalue weighted by Crippen LogP contribution is 2.46. The fourth-order valence-corrected chi connectivity index (χ4v) is 5.16. The van der Waals surface area contributed by atoms with E-state index in [0.29, 0.717) is 12.0 Å². The van der Waals surface area contributed by atoms with Crippen molar-refractivity contribution in [2.45, 2.75) is 30.5 Å². The van der Waals surface area contributed by atoms with Crippen LogP contribution in [0.1, 0.15) is 17.5 Å². The van der Waals surface area contributed by atoms with E-state index in [1.54, 1.807) is 28.7 Å². The molecule has 1 aromatic heterocycles. The molecule has 1 spiro atoms. The zero-order valence-corrected chi connectivity index (χ0v) is 20.2. The molecule has 2 aliphatic rings. The van der Waals surface area contributed by atoms with Gasteiger partial charge in [-0.3, -0.25) is 14.5 Å².